The lowest BCUT2D eigenvalue weighted by molar-refractivity contribution is -0.123. The fourth-order valence-corrected chi connectivity index (χ4v) is 4.25. The highest BCUT2D eigenvalue weighted by Crippen LogP contribution is 2.21. The molecule has 9 heteroatoms. The summed E-state index contributed by atoms with van der Waals surface area (Å²) in [7, 11) is 0. The van der Waals surface area contributed by atoms with Crippen LogP contribution in [0.5, 0.6) is 0 Å². The van der Waals surface area contributed by atoms with Gasteiger partial charge in [0, 0.05) is 12.1 Å². The first-order valence-electron chi connectivity index (χ1n) is 11.5. The number of amides is 3. The molecule has 5 rings (SSSR count). The monoisotopic (exact) mass is 500 g/mol. The number of H-pyrrole nitrogens is 1. The van der Waals surface area contributed by atoms with Crippen LogP contribution in [-0.2, 0) is 17.8 Å². The summed E-state index contributed by atoms with van der Waals surface area (Å²) in [4.78, 5) is 40.1. The first-order valence-corrected chi connectivity index (χ1v) is 11.5. The number of hydrogen-bond acceptors (Lipinski definition) is 3. The molecule has 0 atom stereocenters. The van der Waals surface area contributed by atoms with Gasteiger partial charge in [0.25, 0.3) is 11.5 Å². The average Bonchev–Trinajstić information content (AvgIpc) is 3.31. The smallest absolute Gasteiger partial charge is 0.303 e. The van der Waals surface area contributed by atoms with E-state index in [4.69, 9.17) is 0 Å². The zero-order chi connectivity index (χ0) is 26.1. The molecule has 1 saturated heterocycles. The van der Waals surface area contributed by atoms with E-state index in [1.165, 1.54) is 41.1 Å². The van der Waals surface area contributed by atoms with Gasteiger partial charge in [-0.25, -0.2) is 18.3 Å². The van der Waals surface area contributed by atoms with E-state index in [-0.39, 0.29) is 30.0 Å². The van der Waals surface area contributed by atoms with Crippen molar-refractivity contribution < 1.29 is 18.4 Å². The molecule has 1 aliphatic rings. The lowest BCUT2D eigenvalue weighted by atomic mass is 10.1. The van der Waals surface area contributed by atoms with Crippen molar-refractivity contribution in [1.29, 1.82) is 0 Å². The fraction of sp³-hybridized carbons (Fsp3) is 0.107. The normalized spacial score (nSPS) is 14.5. The number of rotatable bonds is 6. The maximum atomic E-state index is 13.6. The molecule has 186 valence electrons. The predicted molar refractivity (Wildman–Crippen MR) is 134 cm³/mol. The van der Waals surface area contributed by atoms with Crippen molar-refractivity contribution in [2.75, 3.05) is 0 Å². The number of aryl methyl sites for hydroxylation is 1. The van der Waals surface area contributed by atoms with Crippen LogP contribution in [-0.4, -0.2) is 26.6 Å². The van der Waals surface area contributed by atoms with Gasteiger partial charge in [-0.1, -0.05) is 42.5 Å². The van der Waals surface area contributed by atoms with E-state index in [9.17, 15) is 23.2 Å². The molecule has 37 heavy (non-hydrogen) atoms. The van der Waals surface area contributed by atoms with Crippen LogP contribution in [0.1, 0.15) is 27.9 Å². The van der Waals surface area contributed by atoms with E-state index in [2.05, 4.69) is 10.4 Å². The van der Waals surface area contributed by atoms with Crippen LogP contribution in [0.2, 0.25) is 0 Å². The molecule has 3 aromatic carbocycles. The lowest BCUT2D eigenvalue weighted by Crippen LogP contribution is -2.30. The van der Waals surface area contributed by atoms with Gasteiger partial charge < -0.3 is 5.32 Å². The standard InChI is InChI=1S/C28H22F2N4O3/c1-17-5-2-3-8-25(17)34-26(35)22(23(32-34)14-18-9-11-20(29)12-10-18)15-24-27(36)33(28(37)31-24)16-19-6-4-7-21(30)13-19/h2-13,15,32H,14,16H2,1H3,(H,31,37)/b24-15-. The second-order valence-corrected chi connectivity index (χ2v) is 8.74. The Labute approximate surface area is 210 Å². The van der Waals surface area contributed by atoms with Crippen LogP contribution in [0.3, 0.4) is 0 Å². The summed E-state index contributed by atoms with van der Waals surface area (Å²) in [5.41, 5.74) is 2.86. The summed E-state index contributed by atoms with van der Waals surface area (Å²) in [6.07, 6.45) is 1.60. The molecule has 0 aliphatic carbocycles. The van der Waals surface area contributed by atoms with Gasteiger partial charge >= 0.3 is 6.03 Å². The van der Waals surface area contributed by atoms with Gasteiger partial charge in [0.1, 0.15) is 17.3 Å². The van der Waals surface area contributed by atoms with Crippen molar-refractivity contribution in [3.63, 3.8) is 0 Å². The Hall–Kier alpha value is -4.79. The number of urea groups is 1. The Bertz CT molecular complexity index is 1600. The van der Waals surface area contributed by atoms with E-state index in [1.807, 2.05) is 19.1 Å². The Morgan fingerprint density at radius 2 is 1.62 bits per heavy atom. The number of nitrogens with one attached hydrogen (secondary N) is 2. The van der Waals surface area contributed by atoms with Crippen LogP contribution in [0.15, 0.2) is 83.3 Å². The van der Waals surface area contributed by atoms with Crippen molar-refractivity contribution in [1.82, 2.24) is 20.0 Å². The van der Waals surface area contributed by atoms with Crippen LogP contribution >= 0.6 is 0 Å². The molecule has 2 N–H and O–H groups in total. The number of halogens is 2. The topological polar surface area (TPSA) is 87.2 Å². The number of benzene rings is 3. The number of nitrogens with zero attached hydrogens (tertiary/aromatic N) is 2. The third-order valence-electron chi connectivity index (χ3n) is 6.14. The third kappa shape index (κ3) is 4.84. The lowest BCUT2D eigenvalue weighted by Gasteiger charge is -2.11. The maximum absolute atomic E-state index is 13.6. The van der Waals surface area contributed by atoms with Gasteiger partial charge in [-0.05, 0) is 60.0 Å². The quantitative estimate of drug-likeness (QED) is 0.303. The second-order valence-electron chi connectivity index (χ2n) is 8.74. The minimum atomic E-state index is -0.671. The molecule has 1 fully saturated rings. The summed E-state index contributed by atoms with van der Waals surface area (Å²) in [6.45, 7) is 1.74. The highest BCUT2D eigenvalue weighted by molar-refractivity contribution is 6.13. The minimum absolute atomic E-state index is 0.0743. The number of imide groups is 1. The van der Waals surface area contributed by atoms with Gasteiger partial charge in [0.15, 0.2) is 0 Å². The summed E-state index contributed by atoms with van der Waals surface area (Å²) >= 11 is 0. The van der Waals surface area contributed by atoms with Gasteiger partial charge in [-0.15, -0.1) is 0 Å². The number of para-hydroxylation sites is 1. The highest BCUT2D eigenvalue weighted by atomic mass is 19.1. The molecule has 3 amide bonds. The van der Waals surface area contributed by atoms with Crippen LogP contribution in [0.25, 0.3) is 11.8 Å². The van der Waals surface area contributed by atoms with Crippen molar-refractivity contribution >= 4 is 18.0 Å². The molecule has 1 aliphatic heterocycles. The maximum Gasteiger partial charge on any atom is 0.329 e. The number of hydrogen-bond donors (Lipinski definition) is 2. The molecular formula is C28H22F2N4O3. The molecule has 0 radical (unpaired) electrons. The van der Waals surface area contributed by atoms with Crippen molar-refractivity contribution in [3.05, 3.63) is 128 Å². The molecule has 0 bridgehead atoms. The molecule has 0 spiro atoms. The Morgan fingerprint density at radius 1 is 0.865 bits per heavy atom. The van der Waals surface area contributed by atoms with Crippen LogP contribution in [0, 0.1) is 18.6 Å². The van der Waals surface area contributed by atoms with Crippen molar-refractivity contribution in [2.24, 2.45) is 0 Å². The second kappa shape index (κ2) is 9.69. The van der Waals surface area contributed by atoms with E-state index in [0.717, 1.165) is 16.0 Å². The zero-order valence-corrected chi connectivity index (χ0v) is 19.8. The van der Waals surface area contributed by atoms with Crippen LogP contribution in [0.4, 0.5) is 13.6 Å². The average molecular weight is 501 g/mol. The molecule has 4 aromatic rings. The summed E-state index contributed by atoms with van der Waals surface area (Å²) in [5.74, 6) is -1.49. The number of carbonyl (C=O) groups excluding carboxylic acids is 2. The largest absolute Gasteiger partial charge is 0.329 e. The van der Waals surface area contributed by atoms with Gasteiger partial charge in [-0.3, -0.25) is 19.6 Å². The van der Waals surface area contributed by atoms with E-state index < -0.39 is 23.3 Å². The predicted octanol–water partition coefficient (Wildman–Crippen LogP) is 4.44. The van der Waals surface area contributed by atoms with Gasteiger partial charge in [0.05, 0.1) is 17.8 Å². The van der Waals surface area contributed by atoms with Crippen molar-refractivity contribution in [3.8, 4) is 5.69 Å². The molecule has 7 nitrogen and oxygen atoms in total. The Kier molecular flexibility index (Phi) is 6.27. The zero-order valence-electron chi connectivity index (χ0n) is 19.8. The first kappa shape index (κ1) is 23.9. The Morgan fingerprint density at radius 3 is 2.35 bits per heavy atom. The number of aromatic amines is 1. The fourth-order valence-electron chi connectivity index (χ4n) is 4.25. The van der Waals surface area contributed by atoms with E-state index in [1.54, 1.807) is 30.3 Å². The summed E-state index contributed by atoms with van der Waals surface area (Å²) in [6, 6.07) is 18.1. The van der Waals surface area contributed by atoms with Crippen LogP contribution < -0.4 is 10.9 Å². The number of carbonyl (C=O) groups is 2. The van der Waals surface area contributed by atoms with Gasteiger partial charge in [0.2, 0.25) is 0 Å². The molecule has 2 heterocycles. The summed E-state index contributed by atoms with van der Waals surface area (Å²) in [5, 5.41) is 5.63. The summed E-state index contributed by atoms with van der Waals surface area (Å²) < 4.78 is 28.4. The van der Waals surface area contributed by atoms with E-state index in [0.29, 0.717) is 16.9 Å². The molecule has 0 saturated carbocycles. The molecule has 1 aromatic heterocycles. The van der Waals surface area contributed by atoms with Gasteiger partial charge in [-0.2, -0.15) is 0 Å². The third-order valence-corrected chi connectivity index (χ3v) is 6.14. The number of aromatic nitrogens is 2. The Balaban J connectivity index is 1.54. The highest BCUT2D eigenvalue weighted by Gasteiger charge is 2.34. The molecular weight excluding hydrogens is 478 g/mol. The van der Waals surface area contributed by atoms with E-state index >= 15 is 0 Å². The van der Waals surface area contributed by atoms with Crippen molar-refractivity contribution in [2.45, 2.75) is 19.9 Å². The SMILES string of the molecule is Cc1ccccc1-n1[nH]c(Cc2ccc(F)cc2)c(/C=C2\NC(=O)N(Cc3cccc(F)c3)C2=O)c1=O. The first-order chi connectivity index (χ1) is 17.8. The minimum Gasteiger partial charge on any atom is -0.303 e. The molecule has 0 unspecified atom stereocenters.